The van der Waals surface area contributed by atoms with Gasteiger partial charge in [0.05, 0.1) is 35.6 Å². The van der Waals surface area contributed by atoms with Crippen LogP contribution in [0.3, 0.4) is 0 Å². The highest BCUT2D eigenvalue weighted by atomic mass is 32.2. The maximum atomic E-state index is 14.9. The summed E-state index contributed by atoms with van der Waals surface area (Å²) in [6.07, 6.45) is -1.58. The van der Waals surface area contributed by atoms with Gasteiger partial charge < -0.3 is 24.8 Å². The summed E-state index contributed by atoms with van der Waals surface area (Å²) in [5.41, 5.74) is -3.84. The van der Waals surface area contributed by atoms with E-state index >= 15 is 0 Å². The number of hydrogen-bond donors (Lipinski definition) is 3. The molecule has 3 fully saturated rings. The van der Waals surface area contributed by atoms with Gasteiger partial charge in [0.1, 0.15) is 35.0 Å². The van der Waals surface area contributed by atoms with Crippen molar-refractivity contribution < 1.29 is 55.3 Å². The van der Waals surface area contributed by atoms with Crippen LogP contribution in [0.4, 0.5) is 18.0 Å². The first-order chi connectivity index (χ1) is 26.5. The average molecular weight is 823 g/mol. The van der Waals surface area contributed by atoms with E-state index in [0.29, 0.717) is 56.3 Å². The zero-order chi connectivity index (χ0) is 41.9. The van der Waals surface area contributed by atoms with Gasteiger partial charge in [-0.1, -0.05) is 32.4 Å². The Bertz CT molecular complexity index is 2080. The van der Waals surface area contributed by atoms with Gasteiger partial charge in [0.25, 0.3) is 5.91 Å². The number of carbonyl (C=O) groups excluding carboxylic acids is 3. The highest BCUT2D eigenvalue weighted by Gasteiger charge is 2.64. The van der Waals surface area contributed by atoms with Crippen LogP contribution in [0.2, 0.25) is 0 Å². The molecule has 4 aliphatic rings. The Morgan fingerprint density at radius 2 is 1.81 bits per heavy atom. The van der Waals surface area contributed by atoms with Crippen LogP contribution in [0.25, 0.3) is 11.0 Å². The van der Waals surface area contributed by atoms with Gasteiger partial charge in [0, 0.05) is 18.4 Å². The minimum atomic E-state index is -5.09. The molecule has 0 bridgehead atoms. The topological polar surface area (TPSA) is 197 Å². The predicted octanol–water partition coefficient (Wildman–Crippen LogP) is 4.56. The number of benzene rings is 1. The van der Waals surface area contributed by atoms with Crippen molar-refractivity contribution in [2.75, 3.05) is 13.7 Å². The molecule has 4 amide bonds. The fraction of sp³-hybridized carbons (Fsp3) is 0.632. The first kappa shape index (κ1) is 41.9. The molecule has 1 saturated heterocycles. The van der Waals surface area contributed by atoms with Crippen molar-refractivity contribution >= 4 is 44.9 Å². The maximum Gasteiger partial charge on any atom is 0.411 e. The van der Waals surface area contributed by atoms with E-state index in [4.69, 9.17) is 9.47 Å². The molecule has 2 aliphatic carbocycles. The summed E-state index contributed by atoms with van der Waals surface area (Å²) >= 11 is 0. The second kappa shape index (κ2) is 14.9. The summed E-state index contributed by atoms with van der Waals surface area (Å²) in [5.74, 6) is -4.08. The van der Waals surface area contributed by atoms with Gasteiger partial charge in [0.2, 0.25) is 27.7 Å². The monoisotopic (exact) mass is 822 g/mol. The normalized spacial score (nSPS) is 29.2. The molecule has 2 saturated carbocycles. The fourth-order valence-corrected chi connectivity index (χ4v) is 9.04. The number of allylic oxidation sites excluding steroid dienone is 1. The first-order valence-corrected chi connectivity index (χ1v) is 20.5. The molecule has 57 heavy (non-hydrogen) atoms. The molecule has 15 nitrogen and oxygen atoms in total. The SMILES string of the molecule is COc1ccc2ncc(O[C@@H]3C[C@H]4C(=O)N[C@]5(C(=O)NS(=O)(=O)C6(C)CC6)C[C@H]5C=C[C@H](C)CCC[C@@H](C)[C@H](N(C(=O)O)C(C)(C)C(F)(F)F)C(=O)N4C3)nc2c1. The van der Waals surface area contributed by atoms with Crippen molar-refractivity contribution in [2.45, 2.75) is 120 Å². The van der Waals surface area contributed by atoms with Gasteiger partial charge in [-0.15, -0.1) is 0 Å². The van der Waals surface area contributed by atoms with Gasteiger partial charge in [0.15, 0.2) is 0 Å². The lowest BCUT2D eigenvalue weighted by Crippen LogP contribution is -2.66. The third-order valence-electron chi connectivity index (χ3n) is 12.0. The lowest BCUT2D eigenvalue weighted by atomic mass is 9.88. The number of hydrogen-bond acceptors (Lipinski definition) is 10. The van der Waals surface area contributed by atoms with Crippen LogP contribution >= 0.6 is 0 Å². The molecule has 3 heterocycles. The molecule has 0 spiro atoms. The Labute approximate surface area is 328 Å². The molecule has 0 unspecified atom stereocenters. The second-order valence-corrected chi connectivity index (χ2v) is 18.8. The van der Waals surface area contributed by atoms with Crippen LogP contribution in [0, 0.1) is 17.8 Å². The molecule has 3 N–H and O–H groups in total. The van der Waals surface area contributed by atoms with Gasteiger partial charge in [-0.3, -0.25) is 24.0 Å². The van der Waals surface area contributed by atoms with Crippen LogP contribution in [0.1, 0.15) is 79.6 Å². The lowest BCUT2D eigenvalue weighted by molar-refractivity contribution is -0.222. The van der Waals surface area contributed by atoms with Gasteiger partial charge >= 0.3 is 12.3 Å². The number of sulfonamides is 1. The number of carbonyl (C=O) groups is 4. The third kappa shape index (κ3) is 8.08. The van der Waals surface area contributed by atoms with Crippen LogP contribution in [-0.2, 0) is 24.4 Å². The number of fused-ring (bicyclic) bond motifs is 3. The number of methoxy groups -OCH3 is 1. The van der Waals surface area contributed by atoms with E-state index in [1.165, 1.54) is 27.2 Å². The number of amides is 4. The fourth-order valence-electron chi connectivity index (χ4n) is 7.73. The Morgan fingerprint density at radius 3 is 2.44 bits per heavy atom. The number of ether oxygens (including phenoxy) is 2. The highest BCUT2D eigenvalue weighted by molar-refractivity contribution is 7.91. The van der Waals surface area contributed by atoms with Crippen molar-refractivity contribution in [3.63, 3.8) is 0 Å². The van der Waals surface area contributed by atoms with E-state index < -0.39 is 85.9 Å². The quantitative estimate of drug-likeness (QED) is 0.316. The number of carboxylic acid groups (broad SMARTS) is 1. The van der Waals surface area contributed by atoms with Crippen LogP contribution in [0.5, 0.6) is 11.6 Å². The molecule has 19 heteroatoms. The van der Waals surface area contributed by atoms with E-state index in [9.17, 15) is 45.9 Å². The minimum Gasteiger partial charge on any atom is -0.497 e. The second-order valence-electron chi connectivity index (χ2n) is 16.6. The molecule has 7 atom stereocenters. The highest BCUT2D eigenvalue weighted by Crippen LogP contribution is 2.48. The van der Waals surface area contributed by atoms with Crippen LogP contribution in [0.15, 0.2) is 36.5 Å². The smallest absolute Gasteiger partial charge is 0.411 e. The molecule has 2 aliphatic heterocycles. The summed E-state index contributed by atoms with van der Waals surface area (Å²) in [6, 6.07) is 1.62. The maximum absolute atomic E-state index is 14.9. The Hall–Kier alpha value is -4.68. The van der Waals surface area contributed by atoms with E-state index in [2.05, 4.69) is 20.0 Å². The molecule has 1 aromatic carbocycles. The Kier molecular flexibility index (Phi) is 11.0. The molecule has 1 aromatic heterocycles. The van der Waals surface area contributed by atoms with Crippen LogP contribution < -0.4 is 19.5 Å². The lowest BCUT2D eigenvalue weighted by Gasteiger charge is -2.45. The summed E-state index contributed by atoms with van der Waals surface area (Å²) in [7, 11) is -2.64. The average Bonchev–Trinajstić information content (AvgIpc) is 4.01. The zero-order valence-corrected chi connectivity index (χ0v) is 33.4. The number of halogens is 3. The Morgan fingerprint density at radius 1 is 1.11 bits per heavy atom. The number of nitrogens with one attached hydrogen (secondary N) is 2. The van der Waals surface area contributed by atoms with Crippen molar-refractivity contribution in [2.24, 2.45) is 17.8 Å². The number of alkyl halides is 3. The van der Waals surface area contributed by atoms with E-state index in [0.717, 1.165) is 4.90 Å². The van der Waals surface area contributed by atoms with E-state index in [1.54, 1.807) is 24.3 Å². The van der Waals surface area contributed by atoms with E-state index in [-0.39, 0.29) is 42.5 Å². The van der Waals surface area contributed by atoms with Crippen molar-refractivity contribution in [3.05, 3.63) is 36.5 Å². The molecular formula is C38H49F3N6O9S. The summed E-state index contributed by atoms with van der Waals surface area (Å²) < 4.78 is 82.7. The Balaban J connectivity index is 1.40. The molecule has 0 radical (unpaired) electrons. The molecule has 6 rings (SSSR count). The standard InChI is InChI=1S/C38H49F3N6O9S/c1-21-8-7-9-22(2)30(47(34(51)52)35(3,4)38(39,40)41)32(49)46-20-25(56-29-19-42-26-13-12-24(55-6)16-27(26)43-29)17-28(46)31(48)44-37(18-23(37)11-10-21)33(50)45-57(53,54)36(5)14-15-36/h10-13,16,19,21-23,25,28,30H,7-9,14-15,17-18,20H2,1-6H3,(H,44,48)(H,45,50)(H,51,52)/t21-,22-,23-,25-,28+,30+,37-/m1/s1. The van der Waals surface area contributed by atoms with Crippen molar-refractivity contribution in [1.82, 2.24) is 29.8 Å². The van der Waals surface area contributed by atoms with E-state index in [1.807, 2.05) is 13.0 Å². The van der Waals surface area contributed by atoms with Crippen LogP contribution in [-0.4, -0.2) is 111 Å². The zero-order valence-electron chi connectivity index (χ0n) is 32.6. The molecule has 2 aromatic rings. The predicted molar refractivity (Wildman–Crippen MR) is 199 cm³/mol. The number of rotatable bonds is 8. The van der Waals surface area contributed by atoms with Gasteiger partial charge in [-0.2, -0.15) is 13.2 Å². The van der Waals surface area contributed by atoms with Crippen molar-refractivity contribution in [1.29, 1.82) is 0 Å². The van der Waals surface area contributed by atoms with Gasteiger partial charge in [-0.25, -0.2) is 23.2 Å². The van der Waals surface area contributed by atoms with Crippen molar-refractivity contribution in [3.8, 4) is 11.6 Å². The largest absolute Gasteiger partial charge is 0.497 e. The molecular weight excluding hydrogens is 774 g/mol. The summed E-state index contributed by atoms with van der Waals surface area (Å²) in [5, 5.41) is 13.1. The summed E-state index contributed by atoms with van der Waals surface area (Å²) in [6.45, 7) is 5.90. The molecule has 312 valence electrons. The third-order valence-corrected chi connectivity index (χ3v) is 14.2. The minimum absolute atomic E-state index is 0.00257. The number of aromatic nitrogens is 2. The number of nitrogens with zero attached hydrogens (tertiary/aromatic N) is 4. The summed E-state index contributed by atoms with van der Waals surface area (Å²) in [4.78, 5) is 66.1. The first-order valence-electron chi connectivity index (χ1n) is 19.0. The van der Waals surface area contributed by atoms with Gasteiger partial charge in [-0.05, 0) is 76.8 Å².